The smallest absolute Gasteiger partial charge is 0.0991 e. The molecule has 2 nitrogen and oxygen atoms in total. The van der Waals surface area contributed by atoms with Gasteiger partial charge in [-0.1, -0.05) is 6.07 Å². The van der Waals surface area contributed by atoms with Gasteiger partial charge in [0.25, 0.3) is 0 Å². The summed E-state index contributed by atoms with van der Waals surface area (Å²) in [5, 5.41) is 0. The Bertz CT molecular complexity index is 353. The fraction of sp³-hybridized carbons (Fsp3) is 0. The van der Waals surface area contributed by atoms with Gasteiger partial charge in [-0.15, -0.1) is 0 Å². The lowest BCUT2D eigenvalue weighted by atomic mass is 10.4. The van der Waals surface area contributed by atoms with Gasteiger partial charge in [0, 0.05) is 6.17 Å². The van der Waals surface area contributed by atoms with Crippen LogP contribution >= 0.6 is 0 Å². The first-order chi connectivity index (χ1) is 4.88. The molecule has 0 bridgehead atoms. The lowest BCUT2D eigenvalue weighted by Gasteiger charge is -1.86. The lowest BCUT2D eigenvalue weighted by molar-refractivity contribution is 1.15. The van der Waals surface area contributed by atoms with E-state index in [9.17, 15) is 0 Å². The topological polar surface area (TPSA) is 17.3 Å². The molecule has 0 radical (unpaired) electrons. The molecule has 0 saturated heterocycles. The Labute approximate surface area is 54.2 Å². The average Bonchev–Trinajstić information content (AvgIpc) is 2.36. The molecule has 0 spiro atoms. The van der Waals surface area contributed by atoms with Crippen molar-refractivity contribution in [2.24, 2.45) is 0 Å². The molecule has 0 atom stereocenters. The molecule has 0 amide bonds. The van der Waals surface area contributed by atoms with E-state index in [-0.39, 0.29) is 0 Å². The Morgan fingerprint density at radius 1 is 1.56 bits per heavy atom. The van der Waals surface area contributed by atoms with Gasteiger partial charge in [0.2, 0.25) is 0 Å². The van der Waals surface area contributed by atoms with Gasteiger partial charge in [0.15, 0.2) is 0 Å². The highest BCUT2D eigenvalue weighted by molar-refractivity contribution is 5.43. The molecular weight excluding hydrogens is 112 g/mol. The van der Waals surface area contributed by atoms with E-state index < -0.39 is 0 Å². The molecule has 2 aromatic heterocycles. The molecular formula is C7H6N2. The Balaban J connectivity index is 2.95. The van der Waals surface area contributed by atoms with E-state index in [1.54, 1.807) is 23.0 Å². The van der Waals surface area contributed by atoms with Crippen molar-refractivity contribution in [1.82, 2.24) is 9.38 Å². The van der Waals surface area contributed by atoms with Crippen molar-refractivity contribution in [2.45, 2.75) is 0 Å². The number of rotatable bonds is 0. The van der Waals surface area contributed by atoms with Crippen LogP contribution in [0, 0.1) is 0 Å². The molecule has 2 heterocycles. The summed E-state index contributed by atoms with van der Waals surface area (Å²) in [6.07, 6.45) is 3.84. The van der Waals surface area contributed by atoms with Crippen molar-refractivity contribution in [1.29, 1.82) is 0 Å². The highest BCUT2D eigenvalue weighted by Gasteiger charge is 1.85. The van der Waals surface area contributed by atoms with Crippen LogP contribution in [0.25, 0.3) is 5.52 Å². The molecule has 0 aromatic carbocycles. The molecule has 44 valence electrons. The zero-order valence-electron chi connectivity index (χ0n) is 5.78. The van der Waals surface area contributed by atoms with E-state index in [4.69, 9.17) is 1.37 Å². The maximum absolute atomic E-state index is 7.40. The monoisotopic (exact) mass is 119 g/mol. The number of hydrogen-bond acceptors (Lipinski definition) is 1. The maximum Gasteiger partial charge on any atom is 0.0991 e. The Morgan fingerprint density at radius 2 is 2.56 bits per heavy atom. The van der Waals surface area contributed by atoms with Gasteiger partial charge in [-0.05, 0) is 12.1 Å². The molecule has 0 N–H and O–H groups in total. The number of hydrogen-bond donors (Lipinski definition) is 0. The van der Waals surface area contributed by atoms with Crippen LogP contribution in [-0.4, -0.2) is 9.38 Å². The quantitative estimate of drug-likeness (QED) is 0.511. The van der Waals surface area contributed by atoms with Gasteiger partial charge < -0.3 is 4.40 Å². The largest absolute Gasteiger partial charge is 0.306 e. The number of fused-ring (bicyclic) bond motifs is 1. The standard InChI is InChI=1S/C7H6N2/c1-2-4-9-6-8-5-7(9)3-1/h1-6H/i4D. The van der Waals surface area contributed by atoms with Gasteiger partial charge in [-0.2, -0.15) is 0 Å². The summed E-state index contributed by atoms with van der Waals surface area (Å²) in [4.78, 5) is 3.91. The summed E-state index contributed by atoms with van der Waals surface area (Å²) < 4.78 is 9.13. The molecule has 0 unspecified atom stereocenters. The third kappa shape index (κ3) is 0.598. The summed E-state index contributed by atoms with van der Waals surface area (Å²) >= 11 is 0. The van der Waals surface area contributed by atoms with Crippen LogP contribution in [0.4, 0.5) is 0 Å². The predicted octanol–water partition coefficient (Wildman–Crippen LogP) is 1.33. The molecule has 9 heavy (non-hydrogen) atoms. The Morgan fingerprint density at radius 3 is 3.44 bits per heavy atom. The van der Waals surface area contributed by atoms with Crippen LogP contribution in [0.3, 0.4) is 0 Å². The minimum Gasteiger partial charge on any atom is -0.306 e. The molecule has 0 fully saturated rings. The van der Waals surface area contributed by atoms with Gasteiger partial charge in [0.05, 0.1) is 19.4 Å². The fourth-order valence-electron chi connectivity index (χ4n) is 0.806. The van der Waals surface area contributed by atoms with E-state index >= 15 is 0 Å². The first-order valence-electron chi connectivity index (χ1n) is 3.25. The van der Waals surface area contributed by atoms with Crippen LogP contribution < -0.4 is 0 Å². The summed E-state index contributed by atoms with van der Waals surface area (Å²) in [6, 6.07) is 5.50. The normalized spacial score (nSPS) is 11.8. The second-order valence-corrected chi connectivity index (χ2v) is 1.84. The first kappa shape index (κ1) is 3.67. The zero-order valence-corrected chi connectivity index (χ0v) is 4.78. The Kier molecular flexibility index (Phi) is 0.646. The van der Waals surface area contributed by atoms with Crippen LogP contribution in [0.5, 0.6) is 0 Å². The number of aromatic nitrogens is 2. The second kappa shape index (κ2) is 1.58. The minimum atomic E-state index is 0.468. The minimum absolute atomic E-state index is 0.468. The summed E-state index contributed by atoms with van der Waals surface area (Å²) in [6.45, 7) is 0. The zero-order chi connectivity index (χ0) is 6.97. The number of pyridine rings is 1. The van der Waals surface area contributed by atoms with E-state index in [0.717, 1.165) is 5.52 Å². The van der Waals surface area contributed by atoms with Crippen molar-refractivity contribution in [3.8, 4) is 0 Å². The van der Waals surface area contributed by atoms with Gasteiger partial charge >= 0.3 is 0 Å². The predicted molar refractivity (Wildman–Crippen MR) is 35.2 cm³/mol. The highest BCUT2D eigenvalue weighted by atomic mass is 15.0. The van der Waals surface area contributed by atoms with Crippen molar-refractivity contribution in [3.05, 3.63) is 36.9 Å². The lowest BCUT2D eigenvalue weighted by Crippen LogP contribution is -1.75. The summed E-state index contributed by atoms with van der Waals surface area (Å²) in [5.74, 6) is 0. The number of nitrogens with zero attached hydrogens (tertiary/aromatic N) is 2. The molecule has 2 aromatic rings. The highest BCUT2D eigenvalue weighted by Crippen LogP contribution is 1.98. The molecule has 0 aliphatic heterocycles. The first-order valence-corrected chi connectivity index (χ1v) is 2.75. The summed E-state index contributed by atoms with van der Waals surface area (Å²) in [7, 11) is 0. The third-order valence-corrected chi connectivity index (χ3v) is 1.24. The fourth-order valence-corrected chi connectivity index (χ4v) is 0.806. The van der Waals surface area contributed by atoms with Crippen LogP contribution in [0.2, 0.25) is 0 Å². The summed E-state index contributed by atoms with van der Waals surface area (Å²) in [5.41, 5.74) is 0.965. The average molecular weight is 119 g/mol. The van der Waals surface area contributed by atoms with Crippen molar-refractivity contribution in [2.75, 3.05) is 0 Å². The van der Waals surface area contributed by atoms with E-state index in [2.05, 4.69) is 4.98 Å². The molecule has 2 rings (SSSR count). The van der Waals surface area contributed by atoms with Gasteiger partial charge in [-0.25, -0.2) is 4.98 Å². The van der Waals surface area contributed by atoms with Crippen molar-refractivity contribution < 1.29 is 1.37 Å². The number of imidazole rings is 1. The van der Waals surface area contributed by atoms with Crippen molar-refractivity contribution in [3.63, 3.8) is 0 Å². The Hall–Kier alpha value is -1.31. The van der Waals surface area contributed by atoms with E-state index in [1.165, 1.54) is 0 Å². The molecule has 0 aliphatic carbocycles. The molecule has 0 aliphatic rings. The SMILES string of the molecule is [2H]c1cccc2cncn12. The van der Waals surface area contributed by atoms with E-state index in [0.29, 0.717) is 6.17 Å². The van der Waals surface area contributed by atoms with Gasteiger partial charge in [-0.3, -0.25) is 0 Å². The third-order valence-electron chi connectivity index (χ3n) is 1.24. The van der Waals surface area contributed by atoms with Crippen LogP contribution in [0.15, 0.2) is 36.9 Å². The van der Waals surface area contributed by atoms with Crippen LogP contribution in [0.1, 0.15) is 1.37 Å². The molecule has 2 heteroatoms. The van der Waals surface area contributed by atoms with Crippen molar-refractivity contribution >= 4 is 5.52 Å². The maximum atomic E-state index is 7.40. The second-order valence-electron chi connectivity index (χ2n) is 1.84. The molecule has 0 saturated carbocycles. The van der Waals surface area contributed by atoms with Crippen LogP contribution in [-0.2, 0) is 0 Å². The van der Waals surface area contributed by atoms with E-state index in [1.807, 2.05) is 12.1 Å². The van der Waals surface area contributed by atoms with Gasteiger partial charge in [0.1, 0.15) is 0 Å².